The number of rotatable bonds is 5. The lowest BCUT2D eigenvalue weighted by atomic mass is 10.3. The van der Waals surface area contributed by atoms with Gasteiger partial charge in [-0.1, -0.05) is 29.3 Å². The van der Waals surface area contributed by atoms with Crippen LogP contribution in [0.3, 0.4) is 0 Å². The van der Waals surface area contributed by atoms with Gasteiger partial charge >= 0.3 is 0 Å². The number of imidazole rings is 1. The van der Waals surface area contributed by atoms with Crippen molar-refractivity contribution < 1.29 is 4.39 Å². The molecular weight excluding hydrogens is 297 g/mol. The van der Waals surface area contributed by atoms with Crippen LogP contribution in [0.15, 0.2) is 35.1 Å². The molecule has 1 heterocycles. The molecule has 0 aliphatic carbocycles. The Hall–Kier alpha value is -1.36. The molecular formula is C13H15BrFN3. The maximum Gasteiger partial charge on any atom is 0.207 e. The molecule has 1 N–H and O–H groups in total. The zero-order chi connectivity index (χ0) is 13.0. The first-order valence-electron chi connectivity index (χ1n) is 5.94. The molecule has 0 fully saturated rings. The molecule has 1 aromatic heterocycles. The highest BCUT2D eigenvalue weighted by molar-refractivity contribution is 9.10. The van der Waals surface area contributed by atoms with Gasteiger partial charge in [0.25, 0.3) is 0 Å². The number of hydrogen-bond acceptors (Lipinski definition) is 2. The number of anilines is 2. The van der Waals surface area contributed by atoms with Crippen molar-refractivity contribution in [2.45, 2.75) is 26.3 Å². The van der Waals surface area contributed by atoms with Gasteiger partial charge in [-0.05, 0) is 24.6 Å². The summed E-state index contributed by atoms with van der Waals surface area (Å²) < 4.78 is 16.4. The summed E-state index contributed by atoms with van der Waals surface area (Å²) in [5.74, 6) is 0.378. The number of nitrogens with one attached hydrogen (secondary N) is 1. The van der Waals surface area contributed by atoms with Gasteiger partial charge in [-0.3, -0.25) is 0 Å². The molecule has 2 aromatic rings. The van der Waals surface area contributed by atoms with E-state index in [1.807, 2.05) is 10.8 Å². The summed E-state index contributed by atoms with van der Waals surface area (Å²) in [5, 5.41) is 3.02. The van der Waals surface area contributed by atoms with Crippen LogP contribution in [0.2, 0.25) is 0 Å². The minimum Gasteiger partial charge on any atom is -0.323 e. The molecule has 3 nitrogen and oxygen atoms in total. The van der Waals surface area contributed by atoms with Crippen molar-refractivity contribution in [3.8, 4) is 0 Å². The molecule has 0 radical (unpaired) electrons. The van der Waals surface area contributed by atoms with Gasteiger partial charge in [0.15, 0.2) is 0 Å². The van der Waals surface area contributed by atoms with E-state index in [0.717, 1.165) is 23.9 Å². The SMILES string of the molecule is CCCCn1ccnc1Nc1cc(Br)ccc1F. The van der Waals surface area contributed by atoms with Crippen LogP contribution in [0.1, 0.15) is 19.8 Å². The summed E-state index contributed by atoms with van der Waals surface area (Å²) in [7, 11) is 0. The normalized spacial score (nSPS) is 10.6. The minimum absolute atomic E-state index is 0.289. The standard InChI is InChI=1S/C13H15BrFN3/c1-2-3-7-18-8-6-16-13(18)17-12-9-10(14)4-5-11(12)15/h4-6,8-9H,2-3,7H2,1H3,(H,16,17). The summed E-state index contributed by atoms with van der Waals surface area (Å²) >= 11 is 3.33. The average Bonchev–Trinajstić information content (AvgIpc) is 2.79. The Balaban J connectivity index is 2.18. The topological polar surface area (TPSA) is 29.9 Å². The van der Waals surface area contributed by atoms with E-state index >= 15 is 0 Å². The van der Waals surface area contributed by atoms with Crippen LogP contribution in [-0.2, 0) is 6.54 Å². The summed E-state index contributed by atoms with van der Waals surface area (Å²) in [6.07, 6.45) is 5.80. The van der Waals surface area contributed by atoms with Crippen LogP contribution in [0.5, 0.6) is 0 Å². The van der Waals surface area contributed by atoms with Gasteiger partial charge in [-0.25, -0.2) is 9.37 Å². The van der Waals surface area contributed by atoms with Crippen LogP contribution >= 0.6 is 15.9 Å². The maximum absolute atomic E-state index is 13.6. The van der Waals surface area contributed by atoms with Gasteiger partial charge in [0.05, 0.1) is 5.69 Å². The molecule has 5 heteroatoms. The zero-order valence-corrected chi connectivity index (χ0v) is 11.7. The first-order chi connectivity index (χ1) is 8.70. The molecule has 0 aliphatic heterocycles. The second-order valence-electron chi connectivity index (χ2n) is 4.05. The van der Waals surface area contributed by atoms with Crippen LogP contribution in [0.4, 0.5) is 16.0 Å². The van der Waals surface area contributed by atoms with Crippen LogP contribution in [-0.4, -0.2) is 9.55 Å². The number of halogens is 2. The molecule has 0 unspecified atom stereocenters. The molecule has 96 valence electrons. The minimum atomic E-state index is -0.289. The quantitative estimate of drug-likeness (QED) is 0.890. The molecule has 0 bridgehead atoms. The largest absolute Gasteiger partial charge is 0.323 e. The van der Waals surface area contributed by atoms with Gasteiger partial charge in [0.1, 0.15) is 5.82 Å². The number of nitrogens with zero attached hydrogens (tertiary/aromatic N) is 2. The van der Waals surface area contributed by atoms with Crippen LogP contribution < -0.4 is 5.32 Å². The third-order valence-electron chi connectivity index (χ3n) is 2.64. The summed E-state index contributed by atoms with van der Waals surface area (Å²) in [6.45, 7) is 3.02. The molecule has 2 rings (SSSR count). The summed E-state index contributed by atoms with van der Waals surface area (Å²) in [4.78, 5) is 4.21. The van der Waals surface area contributed by atoms with Gasteiger partial charge in [-0.2, -0.15) is 0 Å². The second-order valence-corrected chi connectivity index (χ2v) is 4.96. The number of aromatic nitrogens is 2. The molecule has 0 saturated heterocycles. The van der Waals surface area contributed by atoms with Crippen molar-refractivity contribution >= 4 is 27.6 Å². The van der Waals surface area contributed by atoms with Crippen molar-refractivity contribution in [2.75, 3.05) is 5.32 Å². The van der Waals surface area contributed by atoms with E-state index in [2.05, 4.69) is 33.2 Å². The Kier molecular flexibility index (Phi) is 4.36. The molecule has 1 aromatic carbocycles. The predicted molar refractivity (Wildman–Crippen MR) is 74.5 cm³/mol. The Morgan fingerprint density at radius 3 is 3.06 bits per heavy atom. The lowest BCUT2D eigenvalue weighted by Crippen LogP contribution is -2.04. The highest BCUT2D eigenvalue weighted by atomic mass is 79.9. The summed E-state index contributed by atoms with van der Waals surface area (Å²) in [5.41, 5.74) is 0.424. The number of hydrogen-bond donors (Lipinski definition) is 1. The second kappa shape index (κ2) is 6.00. The van der Waals surface area contributed by atoms with E-state index in [1.165, 1.54) is 6.07 Å². The molecule has 0 saturated carbocycles. The van der Waals surface area contributed by atoms with E-state index in [-0.39, 0.29) is 5.82 Å². The van der Waals surface area contributed by atoms with Gasteiger partial charge in [-0.15, -0.1) is 0 Å². The van der Waals surface area contributed by atoms with Crippen LogP contribution in [0.25, 0.3) is 0 Å². The molecule has 18 heavy (non-hydrogen) atoms. The smallest absolute Gasteiger partial charge is 0.207 e. The molecule has 0 aliphatic rings. The van der Waals surface area contributed by atoms with E-state index in [4.69, 9.17) is 0 Å². The van der Waals surface area contributed by atoms with Crippen molar-refractivity contribution in [2.24, 2.45) is 0 Å². The van der Waals surface area contributed by atoms with Crippen molar-refractivity contribution in [1.82, 2.24) is 9.55 Å². The van der Waals surface area contributed by atoms with Crippen molar-refractivity contribution in [3.63, 3.8) is 0 Å². The fourth-order valence-electron chi connectivity index (χ4n) is 1.66. The number of aryl methyl sites for hydroxylation is 1. The van der Waals surface area contributed by atoms with Crippen molar-refractivity contribution in [3.05, 3.63) is 40.9 Å². The zero-order valence-electron chi connectivity index (χ0n) is 10.2. The predicted octanol–water partition coefficient (Wildman–Crippen LogP) is 4.33. The summed E-state index contributed by atoms with van der Waals surface area (Å²) in [6, 6.07) is 4.80. The average molecular weight is 312 g/mol. The fourth-order valence-corrected chi connectivity index (χ4v) is 2.02. The first kappa shape index (κ1) is 13.1. The van der Waals surface area contributed by atoms with Gasteiger partial charge in [0, 0.05) is 23.4 Å². The number of unbranched alkanes of at least 4 members (excludes halogenated alkanes) is 1. The Labute approximate surface area is 114 Å². The van der Waals surface area contributed by atoms with E-state index in [0.29, 0.717) is 11.6 Å². The van der Waals surface area contributed by atoms with E-state index < -0.39 is 0 Å². The van der Waals surface area contributed by atoms with Crippen LogP contribution in [0, 0.1) is 5.82 Å². The molecule has 0 spiro atoms. The first-order valence-corrected chi connectivity index (χ1v) is 6.73. The fraction of sp³-hybridized carbons (Fsp3) is 0.308. The Morgan fingerprint density at radius 2 is 2.28 bits per heavy atom. The lowest BCUT2D eigenvalue weighted by Gasteiger charge is -2.10. The van der Waals surface area contributed by atoms with Gasteiger partial charge < -0.3 is 9.88 Å². The van der Waals surface area contributed by atoms with Crippen molar-refractivity contribution in [1.29, 1.82) is 0 Å². The van der Waals surface area contributed by atoms with E-state index in [1.54, 1.807) is 18.3 Å². The molecule has 0 atom stereocenters. The van der Waals surface area contributed by atoms with Gasteiger partial charge in [0.2, 0.25) is 5.95 Å². The van der Waals surface area contributed by atoms with E-state index in [9.17, 15) is 4.39 Å². The Bertz CT molecular complexity index is 525. The highest BCUT2D eigenvalue weighted by Crippen LogP contribution is 2.23. The lowest BCUT2D eigenvalue weighted by molar-refractivity contribution is 0.625. The monoisotopic (exact) mass is 311 g/mol. The molecule has 0 amide bonds. The number of benzene rings is 1. The Morgan fingerprint density at radius 1 is 1.44 bits per heavy atom. The maximum atomic E-state index is 13.6. The third kappa shape index (κ3) is 3.10. The third-order valence-corrected chi connectivity index (χ3v) is 3.14. The highest BCUT2D eigenvalue weighted by Gasteiger charge is 2.07.